The molecular weight excluding hydrogens is 298 g/mol. The van der Waals surface area contributed by atoms with Crippen LogP contribution in [0.5, 0.6) is 0 Å². The standard InChI is InChI=1S/C11H13N5O4S/c1-21(19,20)9-2-3-10(11(8-9)16(17)18)12-4-6-15-7-5-13-14-15/h2-3,5,7-8,12H,4,6H2,1H3. The number of hydrogen-bond donors (Lipinski definition) is 1. The van der Waals surface area contributed by atoms with Crippen LogP contribution in [0, 0.1) is 10.1 Å². The van der Waals surface area contributed by atoms with E-state index in [1.165, 1.54) is 18.3 Å². The number of nitrogens with one attached hydrogen (secondary N) is 1. The second-order valence-electron chi connectivity index (χ2n) is 4.30. The summed E-state index contributed by atoms with van der Waals surface area (Å²) in [6.07, 6.45) is 4.20. The van der Waals surface area contributed by atoms with Gasteiger partial charge < -0.3 is 5.32 Å². The SMILES string of the molecule is CS(=O)(=O)c1ccc(NCCn2ccnn2)c([N+](=O)[O-])c1. The molecule has 1 heterocycles. The molecule has 0 saturated carbocycles. The molecule has 0 aliphatic heterocycles. The van der Waals surface area contributed by atoms with E-state index >= 15 is 0 Å². The van der Waals surface area contributed by atoms with Crippen LogP contribution in [0.3, 0.4) is 0 Å². The highest BCUT2D eigenvalue weighted by molar-refractivity contribution is 7.90. The summed E-state index contributed by atoms with van der Waals surface area (Å²) in [7, 11) is -3.49. The number of rotatable bonds is 6. The van der Waals surface area contributed by atoms with Crippen molar-refractivity contribution in [3.63, 3.8) is 0 Å². The maximum atomic E-state index is 11.4. The van der Waals surface area contributed by atoms with Crippen molar-refractivity contribution in [1.82, 2.24) is 15.0 Å². The van der Waals surface area contributed by atoms with Gasteiger partial charge in [-0.3, -0.25) is 14.8 Å². The number of nitro benzene ring substituents is 1. The van der Waals surface area contributed by atoms with E-state index in [4.69, 9.17) is 0 Å². The molecule has 9 nitrogen and oxygen atoms in total. The maximum Gasteiger partial charge on any atom is 0.293 e. The van der Waals surface area contributed by atoms with Gasteiger partial charge in [0, 0.05) is 25.1 Å². The van der Waals surface area contributed by atoms with Crippen molar-refractivity contribution in [2.75, 3.05) is 18.1 Å². The smallest absolute Gasteiger partial charge is 0.293 e. The lowest BCUT2D eigenvalue weighted by atomic mass is 10.2. The Kier molecular flexibility index (Phi) is 4.17. The minimum Gasteiger partial charge on any atom is -0.378 e. The Morgan fingerprint density at radius 3 is 2.76 bits per heavy atom. The van der Waals surface area contributed by atoms with Gasteiger partial charge >= 0.3 is 0 Å². The van der Waals surface area contributed by atoms with Gasteiger partial charge in [-0.1, -0.05) is 5.21 Å². The number of nitro groups is 1. The van der Waals surface area contributed by atoms with E-state index in [-0.39, 0.29) is 16.3 Å². The summed E-state index contributed by atoms with van der Waals surface area (Å²) < 4.78 is 24.4. The van der Waals surface area contributed by atoms with Crippen LogP contribution in [0.25, 0.3) is 0 Å². The van der Waals surface area contributed by atoms with Gasteiger partial charge in [0.05, 0.1) is 22.6 Å². The van der Waals surface area contributed by atoms with Gasteiger partial charge in [-0.2, -0.15) is 0 Å². The first-order valence-corrected chi connectivity index (χ1v) is 7.83. The molecule has 0 saturated heterocycles. The zero-order valence-electron chi connectivity index (χ0n) is 11.1. The molecule has 112 valence electrons. The highest BCUT2D eigenvalue weighted by Gasteiger charge is 2.18. The predicted molar refractivity (Wildman–Crippen MR) is 74.7 cm³/mol. The van der Waals surface area contributed by atoms with Crippen LogP contribution in [0.2, 0.25) is 0 Å². The lowest BCUT2D eigenvalue weighted by Crippen LogP contribution is -2.12. The van der Waals surface area contributed by atoms with E-state index in [1.54, 1.807) is 10.9 Å². The summed E-state index contributed by atoms with van der Waals surface area (Å²) in [4.78, 5) is 10.3. The van der Waals surface area contributed by atoms with Gasteiger partial charge in [0.25, 0.3) is 5.69 Å². The molecule has 1 aromatic heterocycles. The molecule has 10 heteroatoms. The first kappa shape index (κ1) is 14.9. The molecule has 0 aliphatic carbocycles. The van der Waals surface area contributed by atoms with Gasteiger partial charge in [0.2, 0.25) is 0 Å². The third-order valence-electron chi connectivity index (χ3n) is 2.72. The lowest BCUT2D eigenvalue weighted by Gasteiger charge is -2.08. The monoisotopic (exact) mass is 311 g/mol. The number of sulfone groups is 1. The van der Waals surface area contributed by atoms with Gasteiger partial charge in [-0.15, -0.1) is 5.10 Å². The predicted octanol–water partition coefficient (Wildman–Crippen LogP) is 0.702. The Morgan fingerprint density at radius 1 is 1.43 bits per heavy atom. The van der Waals surface area contributed by atoms with Crippen molar-refractivity contribution in [2.24, 2.45) is 0 Å². The average molecular weight is 311 g/mol. The van der Waals surface area contributed by atoms with Gasteiger partial charge in [0.15, 0.2) is 9.84 Å². The normalized spacial score (nSPS) is 11.3. The van der Waals surface area contributed by atoms with Crippen molar-refractivity contribution >= 4 is 21.2 Å². The number of anilines is 1. The molecule has 0 bridgehead atoms. The van der Waals surface area contributed by atoms with E-state index in [2.05, 4.69) is 15.6 Å². The highest BCUT2D eigenvalue weighted by Crippen LogP contribution is 2.27. The fourth-order valence-corrected chi connectivity index (χ4v) is 2.34. The van der Waals surface area contributed by atoms with Crippen LogP contribution in [-0.2, 0) is 16.4 Å². The summed E-state index contributed by atoms with van der Waals surface area (Å²) >= 11 is 0. The van der Waals surface area contributed by atoms with Crippen molar-refractivity contribution in [2.45, 2.75) is 11.4 Å². The van der Waals surface area contributed by atoms with Crippen LogP contribution in [-0.4, -0.2) is 41.1 Å². The largest absolute Gasteiger partial charge is 0.378 e. The molecule has 0 aliphatic rings. The van der Waals surface area contributed by atoms with Crippen LogP contribution in [0.4, 0.5) is 11.4 Å². The quantitative estimate of drug-likeness (QED) is 0.615. The van der Waals surface area contributed by atoms with Gasteiger partial charge in [0.1, 0.15) is 5.69 Å². The fraction of sp³-hybridized carbons (Fsp3) is 0.273. The molecular formula is C11H13N5O4S. The topological polar surface area (TPSA) is 120 Å². The third-order valence-corrected chi connectivity index (χ3v) is 3.83. The van der Waals surface area contributed by atoms with Crippen LogP contribution in [0.1, 0.15) is 0 Å². The van der Waals surface area contributed by atoms with Gasteiger partial charge in [-0.05, 0) is 12.1 Å². The molecule has 0 radical (unpaired) electrons. The average Bonchev–Trinajstić information content (AvgIpc) is 2.90. The maximum absolute atomic E-state index is 11.4. The minimum absolute atomic E-state index is 0.0870. The van der Waals surface area contributed by atoms with Crippen molar-refractivity contribution in [3.8, 4) is 0 Å². The Hall–Kier alpha value is -2.49. The van der Waals surface area contributed by atoms with E-state index in [1.807, 2.05) is 0 Å². The molecule has 1 aromatic carbocycles. The van der Waals surface area contributed by atoms with Crippen LogP contribution >= 0.6 is 0 Å². The summed E-state index contributed by atoms with van der Waals surface area (Å²) in [5.41, 5.74) is -0.0240. The minimum atomic E-state index is -3.49. The van der Waals surface area contributed by atoms with Crippen LogP contribution in [0.15, 0.2) is 35.5 Å². The molecule has 2 aromatic rings. The Morgan fingerprint density at radius 2 is 2.19 bits per heavy atom. The zero-order valence-corrected chi connectivity index (χ0v) is 11.9. The van der Waals surface area contributed by atoms with Crippen molar-refractivity contribution in [3.05, 3.63) is 40.7 Å². The zero-order chi connectivity index (χ0) is 15.5. The second kappa shape index (κ2) is 5.87. The Bertz CT molecular complexity index is 742. The van der Waals surface area contributed by atoms with E-state index in [0.29, 0.717) is 13.1 Å². The van der Waals surface area contributed by atoms with E-state index < -0.39 is 14.8 Å². The lowest BCUT2D eigenvalue weighted by molar-refractivity contribution is -0.384. The second-order valence-corrected chi connectivity index (χ2v) is 6.32. The highest BCUT2D eigenvalue weighted by atomic mass is 32.2. The van der Waals surface area contributed by atoms with Crippen molar-refractivity contribution < 1.29 is 13.3 Å². The summed E-state index contributed by atoms with van der Waals surface area (Å²) in [6, 6.07) is 3.77. The Balaban J connectivity index is 2.17. The van der Waals surface area contributed by atoms with Gasteiger partial charge in [-0.25, -0.2) is 8.42 Å². The Labute approximate surface area is 120 Å². The summed E-state index contributed by atoms with van der Waals surface area (Å²) in [5.74, 6) is 0. The van der Waals surface area contributed by atoms with Crippen LogP contribution < -0.4 is 5.32 Å². The number of benzene rings is 1. The molecule has 2 rings (SSSR count). The summed E-state index contributed by atoms with van der Waals surface area (Å²) in [6.45, 7) is 0.868. The molecule has 0 fully saturated rings. The fourth-order valence-electron chi connectivity index (χ4n) is 1.70. The molecule has 0 unspecified atom stereocenters. The first-order chi connectivity index (χ1) is 9.88. The number of nitrogens with zero attached hydrogens (tertiary/aromatic N) is 4. The molecule has 0 atom stereocenters. The molecule has 0 amide bonds. The molecule has 1 N–H and O–H groups in total. The molecule has 0 spiro atoms. The van der Waals surface area contributed by atoms with E-state index in [0.717, 1.165) is 12.3 Å². The van der Waals surface area contributed by atoms with Crippen molar-refractivity contribution in [1.29, 1.82) is 0 Å². The third kappa shape index (κ3) is 3.75. The summed E-state index contributed by atoms with van der Waals surface area (Å²) in [5, 5.41) is 21.3. The number of hydrogen-bond acceptors (Lipinski definition) is 7. The van der Waals surface area contributed by atoms with E-state index in [9.17, 15) is 18.5 Å². The molecule has 21 heavy (non-hydrogen) atoms. The number of aromatic nitrogens is 3. The first-order valence-electron chi connectivity index (χ1n) is 5.94.